The van der Waals surface area contributed by atoms with Gasteiger partial charge in [0.1, 0.15) is 25.3 Å². The zero-order valence-electron chi connectivity index (χ0n) is 39.2. The predicted molar refractivity (Wildman–Crippen MR) is 259 cm³/mol. The van der Waals surface area contributed by atoms with Crippen LogP contribution in [0.25, 0.3) is 0 Å². The van der Waals surface area contributed by atoms with Gasteiger partial charge in [-0.25, -0.2) is 0 Å². The molecule has 0 spiro atoms. The normalized spacial score (nSPS) is 20.6. The SMILES string of the molecule is C[N+]1(CC(=O)c2ccccc2)CCC(C(=O)OC(Cc2ccccc2)c2ccccc2)CC1.C[N+]1(CC(=O)c2ccccc2)CCC(C(=O)OC(Cc2ccccc2)c2ccccc2)CC1.[Br-].[Br-]. The van der Waals surface area contributed by atoms with Gasteiger partial charge in [0.05, 0.1) is 52.1 Å². The monoisotopic (exact) mass is 1040 g/mol. The van der Waals surface area contributed by atoms with Crippen molar-refractivity contribution < 1.29 is 71.6 Å². The molecule has 2 fully saturated rings. The summed E-state index contributed by atoms with van der Waals surface area (Å²) in [7, 11) is 4.23. The summed E-state index contributed by atoms with van der Waals surface area (Å²) >= 11 is 0. The molecule has 6 aromatic rings. The number of nitrogens with zero attached hydrogens (tertiary/aromatic N) is 2. The van der Waals surface area contributed by atoms with Crippen LogP contribution in [0.2, 0.25) is 0 Å². The summed E-state index contributed by atoms with van der Waals surface area (Å²) in [5.74, 6) is -0.173. The number of esters is 2. The first-order chi connectivity index (χ1) is 32.0. The molecule has 8 rings (SSSR count). The third-order valence-corrected chi connectivity index (χ3v) is 13.4. The highest BCUT2D eigenvalue weighted by atomic mass is 79.9. The molecule has 0 saturated carbocycles. The quantitative estimate of drug-likeness (QED) is 0.0807. The maximum absolute atomic E-state index is 13.1. The number of ether oxygens (including phenoxy) is 2. The van der Waals surface area contributed by atoms with Crippen molar-refractivity contribution >= 4 is 23.5 Å². The van der Waals surface area contributed by atoms with E-state index in [0.717, 1.165) is 85.2 Å². The smallest absolute Gasteiger partial charge is 0.310 e. The van der Waals surface area contributed by atoms with Crippen molar-refractivity contribution in [3.8, 4) is 0 Å². The highest BCUT2D eigenvalue weighted by molar-refractivity contribution is 5.97. The Morgan fingerprint density at radius 2 is 0.691 bits per heavy atom. The topological polar surface area (TPSA) is 86.7 Å². The Bertz CT molecular complexity index is 2270. The molecular formula is C58H64Br2N2O6. The van der Waals surface area contributed by atoms with Crippen LogP contribution in [0.1, 0.15) is 80.9 Å². The Balaban J connectivity index is 0.000000247. The number of carbonyl (C=O) groups excluding carboxylic acids is 4. The predicted octanol–water partition coefficient (Wildman–Crippen LogP) is 4.51. The van der Waals surface area contributed by atoms with Crippen LogP contribution in [0.4, 0.5) is 0 Å². The van der Waals surface area contributed by atoms with Crippen molar-refractivity contribution in [2.24, 2.45) is 11.8 Å². The molecule has 6 aromatic carbocycles. The molecule has 2 unspecified atom stereocenters. The van der Waals surface area contributed by atoms with Gasteiger partial charge in [0, 0.05) is 49.7 Å². The molecule has 2 aliphatic heterocycles. The number of piperidine rings is 2. The van der Waals surface area contributed by atoms with Gasteiger partial charge in [-0.1, -0.05) is 182 Å². The van der Waals surface area contributed by atoms with E-state index in [1.165, 1.54) is 0 Å². The van der Waals surface area contributed by atoms with E-state index in [2.05, 4.69) is 38.4 Å². The molecule has 0 N–H and O–H groups in total. The van der Waals surface area contributed by atoms with Crippen LogP contribution in [-0.4, -0.2) is 85.8 Å². The summed E-state index contributed by atoms with van der Waals surface area (Å²) in [5.41, 5.74) is 5.83. The van der Waals surface area contributed by atoms with Crippen LogP contribution in [0.15, 0.2) is 182 Å². The highest BCUT2D eigenvalue weighted by Crippen LogP contribution is 2.31. The van der Waals surface area contributed by atoms with Gasteiger partial charge in [0.2, 0.25) is 11.6 Å². The van der Waals surface area contributed by atoms with E-state index in [1.54, 1.807) is 0 Å². The number of halogens is 2. The fourth-order valence-corrected chi connectivity index (χ4v) is 9.21. The second-order valence-electron chi connectivity index (χ2n) is 18.6. The molecule has 0 bridgehead atoms. The molecule has 8 nitrogen and oxygen atoms in total. The first kappa shape index (κ1) is 53.4. The molecule has 0 aliphatic carbocycles. The number of ketones is 2. The van der Waals surface area contributed by atoms with E-state index in [0.29, 0.717) is 34.9 Å². The van der Waals surface area contributed by atoms with Gasteiger partial charge in [0.15, 0.2) is 0 Å². The van der Waals surface area contributed by atoms with E-state index in [9.17, 15) is 19.2 Å². The molecule has 356 valence electrons. The van der Waals surface area contributed by atoms with Gasteiger partial charge in [-0.05, 0) is 22.3 Å². The molecule has 0 radical (unpaired) electrons. The van der Waals surface area contributed by atoms with Crippen molar-refractivity contribution in [3.63, 3.8) is 0 Å². The Hall–Kier alpha value is -5.52. The molecule has 0 amide bonds. The number of hydrogen-bond donors (Lipinski definition) is 0. The zero-order valence-corrected chi connectivity index (χ0v) is 42.4. The van der Waals surface area contributed by atoms with Gasteiger partial charge in [-0.3, -0.25) is 19.2 Å². The van der Waals surface area contributed by atoms with Gasteiger partial charge in [-0.2, -0.15) is 0 Å². The molecule has 2 aliphatic rings. The van der Waals surface area contributed by atoms with Gasteiger partial charge in [0.25, 0.3) is 0 Å². The summed E-state index contributed by atoms with van der Waals surface area (Å²) in [5, 5.41) is 0. The molecule has 10 heteroatoms. The van der Waals surface area contributed by atoms with Crippen molar-refractivity contribution in [2.45, 2.75) is 50.7 Å². The fourth-order valence-electron chi connectivity index (χ4n) is 9.21. The van der Waals surface area contributed by atoms with Crippen LogP contribution in [0.3, 0.4) is 0 Å². The van der Waals surface area contributed by atoms with E-state index in [1.807, 2.05) is 158 Å². The number of quaternary nitrogens is 2. The van der Waals surface area contributed by atoms with Crippen LogP contribution < -0.4 is 34.0 Å². The second kappa shape index (κ2) is 26.3. The summed E-state index contributed by atoms with van der Waals surface area (Å²) in [4.78, 5) is 51.7. The van der Waals surface area contributed by atoms with Gasteiger partial charge in [-0.15, -0.1) is 0 Å². The van der Waals surface area contributed by atoms with Crippen LogP contribution >= 0.6 is 0 Å². The molecule has 2 saturated heterocycles. The Kier molecular flexibility index (Phi) is 20.7. The number of carbonyl (C=O) groups is 4. The maximum atomic E-state index is 13.1. The van der Waals surface area contributed by atoms with E-state index in [-0.39, 0.29) is 81.5 Å². The summed E-state index contributed by atoms with van der Waals surface area (Å²) in [6, 6.07) is 59.1. The summed E-state index contributed by atoms with van der Waals surface area (Å²) < 4.78 is 13.5. The number of rotatable bonds is 16. The number of likely N-dealkylation sites (tertiary alicyclic amines) is 2. The van der Waals surface area contributed by atoms with E-state index in [4.69, 9.17) is 9.47 Å². The first-order valence-corrected chi connectivity index (χ1v) is 23.5. The van der Waals surface area contributed by atoms with Crippen LogP contribution in [0, 0.1) is 11.8 Å². The lowest BCUT2D eigenvalue weighted by Gasteiger charge is -2.39. The largest absolute Gasteiger partial charge is 1.00 e. The average molecular weight is 1040 g/mol. The van der Waals surface area contributed by atoms with Crippen LogP contribution in [0.5, 0.6) is 0 Å². The number of hydrogen-bond acceptors (Lipinski definition) is 6. The summed E-state index contributed by atoms with van der Waals surface area (Å²) in [6.45, 7) is 4.12. The number of Topliss-reactive ketones (excluding diaryl/α,β-unsaturated/α-hetero) is 2. The second-order valence-corrected chi connectivity index (χ2v) is 18.6. The molecule has 2 heterocycles. The Labute approximate surface area is 424 Å². The highest BCUT2D eigenvalue weighted by Gasteiger charge is 2.38. The molecular weight excluding hydrogens is 980 g/mol. The lowest BCUT2D eigenvalue weighted by molar-refractivity contribution is -0.906. The fraction of sp³-hybridized carbons (Fsp3) is 0.310. The number of likely N-dealkylation sites (N-methyl/N-ethyl adjacent to an activating group) is 2. The maximum Gasteiger partial charge on any atom is 0.310 e. The molecule has 68 heavy (non-hydrogen) atoms. The average Bonchev–Trinajstić information content (AvgIpc) is 3.35. The summed E-state index contributed by atoms with van der Waals surface area (Å²) in [6.07, 6.45) is 3.67. The zero-order chi connectivity index (χ0) is 46.2. The Morgan fingerprint density at radius 1 is 0.426 bits per heavy atom. The van der Waals surface area contributed by atoms with Crippen molar-refractivity contribution in [2.75, 3.05) is 53.4 Å². The third kappa shape index (κ3) is 15.8. The first-order valence-electron chi connectivity index (χ1n) is 23.5. The van der Waals surface area contributed by atoms with E-state index >= 15 is 0 Å². The van der Waals surface area contributed by atoms with Gasteiger partial charge >= 0.3 is 11.9 Å². The van der Waals surface area contributed by atoms with Crippen molar-refractivity contribution in [3.05, 3.63) is 215 Å². The minimum Gasteiger partial charge on any atom is -1.00 e. The van der Waals surface area contributed by atoms with Crippen LogP contribution in [-0.2, 0) is 31.9 Å². The minimum absolute atomic E-state index is 0. The van der Waals surface area contributed by atoms with Crippen molar-refractivity contribution in [1.29, 1.82) is 0 Å². The lowest BCUT2D eigenvalue weighted by Crippen LogP contribution is -3.00. The minimum atomic E-state index is -0.302. The molecule has 0 aromatic heterocycles. The third-order valence-electron chi connectivity index (χ3n) is 13.4. The van der Waals surface area contributed by atoms with E-state index < -0.39 is 0 Å². The lowest BCUT2D eigenvalue weighted by atomic mass is 9.94. The standard InChI is InChI=1S/2C29H32NO3.2BrH/c2*1-30(22-27(31)24-13-7-3-8-14-24)19-17-26(18-20-30)29(32)33-28(25-15-9-4-10-16-25)21-23-11-5-2-6-12-23;;/h2*2-16,26,28H,17-22H2,1H3;2*1H/q2*+1;;/p-2. The molecule has 2 atom stereocenters. The Morgan fingerprint density at radius 3 is 0.985 bits per heavy atom. The van der Waals surface area contributed by atoms with Gasteiger partial charge < -0.3 is 52.4 Å². The van der Waals surface area contributed by atoms with Crippen molar-refractivity contribution in [1.82, 2.24) is 0 Å². The number of benzene rings is 6.